The smallest absolute Gasteiger partial charge is 0.413 e. The van der Waals surface area contributed by atoms with Crippen molar-refractivity contribution in [3.63, 3.8) is 0 Å². The number of ether oxygens (including phenoxy) is 1. The van der Waals surface area contributed by atoms with Crippen LogP contribution in [0.15, 0.2) is 35.9 Å². The maximum Gasteiger partial charge on any atom is 0.413 e. The molecule has 1 saturated heterocycles. The summed E-state index contributed by atoms with van der Waals surface area (Å²) in [5, 5.41) is 14.3. The number of hydrogen-bond acceptors (Lipinski definition) is 4. The summed E-state index contributed by atoms with van der Waals surface area (Å²) in [6.45, 7) is 15.9. The van der Waals surface area contributed by atoms with Crippen LogP contribution < -0.4 is 10.1 Å². The Morgan fingerprint density at radius 3 is 2.64 bits per heavy atom. The number of nitrogens with zero attached hydrogens (tertiary/aromatic N) is 1. The number of allylic oxidation sites excluding steroid dienone is 3. The van der Waals surface area contributed by atoms with Gasteiger partial charge in [-0.1, -0.05) is 43.6 Å². The molecular weight excluding hydrogens is 448 g/mol. The van der Waals surface area contributed by atoms with Crippen LogP contribution in [0, 0.1) is 5.92 Å². The number of hydrogen-bond donors (Lipinski definition) is 2. The van der Waals surface area contributed by atoms with E-state index in [0.717, 1.165) is 68.9 Å². The molecule has 3 rings (SSSR count). The zero-order chi connectivity index (χ0) is 26.5. The Morgan fingerprint density at radius 2 is 2.00 bits per heavy atom. The van der Waals surface area contributed by atoms with Gasteiger partial charge in [-0.3, -0.25) is 0 Å². The van der Waals surface area contributed by atoms with Gasteiger partial charge in [0.2, 0.25) is 0 Å². The number of phenols is 1. The normalized spacial score (nSPS) is 23.7. The molecule has 1 aliphatic carbocycles. The molecule has 1 aromatic carbocycles. The topological polar surface area (TPSA) is 61.6 Å². The summed E-state index contributed by atoms with van der Waals surface area (Å²) < 4.78 is 6.01. The van der Waals surface area contributed by atoms with Gasteiger partial charge < -0.3 is 20.1 Å². The number of likely N-dealkylation sites (N-methyl/N-ethyl adjacent to an activating group) is 1. The number of unbranched alkanes of at least 4 members (excludes halogenated alkanes) is 2. The number of aryl methyl sites for hydroxylation is 1. The number of amides is 1. The molecule has 4 atom stereocenters. The van der Waals surface area contributed by atoms with Gasteiger partial charge in [-0.15, -0.1) is 0 Å². The summed E-state index contributed by atoms with van der Waals surface area (Å²) in [4.78, 5) is 15.5. The SMILES string of the molecule is C=C(C)[C@@H]1CCC(C)=C[C@H]1c1c(O)cc(CCCCC)cc1OC(=O)NC(C)(C)CCCC1CN1C. The van der Waals surface area contributed by atoms with Crippen LogP contribution in [-0.2, 0) is 6.42 Å². The van der Waals surface area contributed by atoms with Crippen LogP contribution in [0.1, 0.15) is 103 Å². The standard InChI is InChI=1S/C31H48N2O3/c1-8-9-10-12-23-18-27(34)29(26-17-22(4)14-15-25(26)21(2)3)28(19-23)36-30(35)32-31(5,6)16-11-13-24-20-33(24)7/h17-19,24-26,34H,2,8-16,20H2,1,3-7H3,(H,32,35)/t24?,25-,26+,33?/m0/s1. The molecule has 1 heterocycles. The van der Waals surface area contributed by atoms with Crippen molar-refractivity contribution in [3.05, 3.63) is 47.1 Å². The van der Waals surface area contributed by atoms with Crippen LogP contribution in [0.5, 0.6) is 11.5 Å². The molecule has 200 valence electrons. The molecule has 0 spiro atoms. The van der Waals surface area contributed by atoms with Gasteiger partial charge in [0.15, 0.2) is 0 Å². The highest BCUT2D eigenvalue weighted by atomic mass is 16.6. The van der Waals surface area contributed by atoms with Crippen molar-refractivity contribution < 1.29 is 14.6 Å². The molecule has 1 aromatic rings. The molecule has 2 unspecified atom stereocenters. The monoisotopic (exact) mass is 496 g/mol. The first-order chi connectivity index (χ1) is 17.0. The van der Waals surface area contributed by atoms with Crippen molar-refractivity contribution in [1.29, 1.82) is 0 Å². The van der Waals surface area contributed by atoms with Gasteiger partial charge in [0.25, 0.3) is 0 Å². The van der Waals surface area contributed by atoms with Crippen LogP contribution >= 0.6 is 0 Å². The molecule has 5 nitrogen and oxygen atoms in total. The van der Waals surface area contributed by atoms with Crippen LogP contribution in [0.25, 0.3) is 0 Å². The zero-order valence-corrected chi connectivity index (χ0v) is 23.5. The number of carbonyl (C=O) groups is 1. The number of carbonyl (C=O) groups excluding carboxylic acids is 1. The minimum absolute atomic E-state index is 0.0627. The fraction of sp³-hybridized carbons (Fsp3) is 0.645. The van der Waals surface area contributed by atoms with E-state index in [-0.39, 0.29) is 23.1 Å². The average Bonchev–Trinajstić information content (AvgIpc) is 3.47. The molecule has 5 heteroatoms. The molecular formula is C31H48N2O3. The second-order valence-corrected chi connectivity index (χ2v) is 11.9. The first kappa shape index (κ1) is 28.3. The van der Waals surface area contributed by atoms with Crippen LogP contribution in [-0.4, -0.2) is 41.3 Å². The summed E-state index contributed by atoms with van der Waals surface area (Å²) >= 11 is 0. The van der Waals surface area contributed by atoms with Gasteiger partial charge in [-0.25, -0.2) is 4.79 Å². The van der Waals surface area contributed by atoms with Gasteiger partial charge in [0.05, 0.1) is 0 Å². The van der Waals surface area contributed by atoms with E-state index in [1.54, 1.807) is 0 Å². The molecule has 2 N–H and O–H groups in total. The van der Waals surface area contributed by atoms with E-state index in [2.05, 4.69) is 64.5 Å². The Hall–Kier alpha value is -2.27. The minimum Gasteiger partial charge on any atom is -0.507 e. The van der Waals surface area contributed by atoms with Crippen LogP contribution in [0.2, 0.25) is 0 Å². The number of benzene rings is 1. The molecule has 1 aliphatic heterocycles. The van der Waals surface area contributed by atoms with Crippen molar-refractivity contribution >= 4 is 6.09 Å². The minimum atomic E-state index is -0.460. The lowest BCUT2D eigenvalue weighted by Crippen LogP contribution is -2.45. The Labute approximate surface area is 219 Å². The predicted molar refractivity (Wildman–Crippen MR) is 149 cm³/mol. The highest BCUT2D eigenvalue weighted by Crippen LogP contribution is 2.47. The van der Waals surface area contributed by atoms with Crippen molar-refractivity contribution in [2.24, 2.45) is 5.92 Å². The predicted octanol–water partition coefficient (Wildman–Crippen LogP) is 7.49. The van der Waals surface area contributed by atoms with Gasteiger partial charge >= 0.3 is 6.09 Å². The lowest BCUT2D eigenvalue weighted by atomic mass is 9.73. The first-order valence-corrected chi connectivity index (χ1v) is 13.9. The van der Waals surface area contributed by atoms with E-state index in [1.165, 1.54) is 12.1 Å². The fourth-order valence-corrected chi connectivity index (χ4v) is 5.56. The van der Waals surface area contributed by atoms with Crippen LogP contribution in [0.4, 0.5) is 4.79 Å². The molecule has 2 aliphatic rings. The third kappa shape index (κ3) is 7.86. The first-order valence-electron chi connectivity index (χ1n) is 13.9. The maximum atomic E-state index is 13.1. The largest absolute Gasteiger partial charge is 0.507 e. The zero-order valence-electron chi connectivity index (χ0n) is 23.5. The summed E-state index contributed by atoms with van der Waals surface area (Å²) in [6.07, 6.45) is 11.0. The van der Waals surface area contributed by atoms with E-state index in [4.69, 9.17) is 4.74 Å². The molecule has 0 radical (unpaired) electrons. The average molecular weight is 497 g/mol. The number of phenolic OH excluding ortho intramolecular Hbond substituents is 1. The molecule has 0 aromatic heterocycles. The van der Waals surface area contributed by atoms with Gasteiger partial charge in [-0.05, 0) is 103 Å². The van der Waals surface area contributed by atoms with E-state index in [9.17, 15) is 9.90 Å². The van der Waals surface area contributed by atoms with Gasteiger partial charge in [0.1, 0.15) is 11.5 Å². The van der Waals surface area contributed by atoms with Crippen molar-refractivity contribution in [2.45, 2.75) is 110 Å². The van der Waals surface area contributed by atoms with E-state index in [0.29, 0.717) is 17.4 Å². The van der Waals surface area contributed by atoms with Crippen LogP contribution in [0.3, 0.4) is 0 Å². The second kappa shape index (κ2) is 12.3. The Balaban J connectivity index is 1.82. The van der Waals surface area contributed by atoms with E-state index >= 15 is 0 Å². The molecule has 0 bridgehead atoms. The summed E-state index contributed by atoms with van der Waals surface area (Å²) in [5.74, 6) is 0.818. The lowest BCUT2D eigenvalue weighted by Gasteiger charge is -2.32. The second-order valence-electron chi connectivity index (χ2n) is 11.9. The highest BCUT2D eigenvalue weighted by molar-refractivity contribution is 5.72. The summed E-state index contributed by atoms with van der Waals surface area (Å²) in [5.41, 5.74) is 3.72. The molecule has 0 saturated carbocycles. The van der Waals surface area contributed by atoms with Crippen molar-refractivity contribution in [2.75, 3.05) is 13.6 Å². The van der Waals surface area contributed by atoms with E-state index < -0.39 is 6.09 Å². The Kier molecular flexibility index (Phi) is 9.68. The molecule has 36 heavy (non-hydrogen) atoms. The van der Waals surface area contributed by atoms with E-state index in [1.807, 2.05) is 12.1 Å². The Bertz CT molecular complexity index is 965. The molecule has 1 fully saturated rings. The van der Waals surface area contributed by atoms with Crippen molar-refractivity contribution in [3.8, 4) is 11.5 Å². The fourth-order valence-electron chi connectivity index (χ4n) is 5.56. The lowest BCUT2D eigenvalue weighted by molar-refractivity contribution is 0.185. The number of aromatic hydroxyl groups is 1. The quantitative estimate of drug-likeness (QED) is 0.179. The third-order valence-electron chi connectivity index (χ3n) is 7.93. The van der Waals surface area contributed by atoms with Gasteiger partial charge in [0, 0.05) is 29.6 Å². The summed E-state index contributed by atoms with van der Waals surface area (Å²) in [6, 6.07) is 4.53. The number of rotatable bonds is 12. The maximum absolute atomic E-state index is 13.1. The Morgan fingerprint density at radius 1 is 1.28 bits per heavy atom. The highest BCUT2D eigenvalue weighted by Gasteiger charge is 2.33. The molecule has 1 amide bonds. The third-order valence-corrected chi connectivity index (χ3v) is 7.93. The van der Waals surface area contributed by atoms with Crippen molar-refractivity contribution in [1.82, 2.24) is 10.2 Å². The number of nitrogens with one attached hydrogen (secondary N) is 1. The summed E-state index contributed by atoms with van der Waals surface area (Å²) in [7, 11) is 2.15. The van der Waals surface area contributed by atoms with Gasteiger partial charge in [-0.2, -0.15) is 0 Å².